The Hall–Kier alpha value is -0.830. The number of carbonyl (C=O) groups excluding carboxylic acids is 1. The van der Waals surface area contributed by atoms with Gasteiger partial charge in [-0.15, -0.1) is 0 Å². The van der Waals surface area contributed by atoms with E-state index in [4.69, 9.17) is 9.84 Å². The highest BCUT2D eigenvalue weighted by atomic mass is 16.5. The fourth-order valence-corrected chi connectivity index (χ4v) is 0.409. The lowest BCUT2D eigenvalue weighted by molar-refractivity contribution is -0.140. The van der Waals surface area contributed by atoms with Gasteiger partial charge in [0, 0.05) is 0 Å². The first-order valence-corrected chi connectivity index (χ1v) is 3.53. The number of carbonyl (C=O) groups is 1. The van der Waals surface area contributed by atoms with Crippen LogP contribution in [0.2, 0.25) is 0 Å². The van der Waals surface area contributed by atoms with Crippen LogP contribution in [0.1, 0.15) is 13.8 Å². The molecule has 0 atom stereocenters. The molecule has 3 heteroatoms. The number of aliphatic hydroxyl groups excluding tert-OH is 1. The van der Waals surface area contributed by atoms with Crippen molar-refractivity contribution in [3.8, 4) is 0 Å². The highest BCUT2D eigenvalue weighted by Gasteiger charge is 2.06. The lowest BCUT2D eigenvalue weighted by Crippen LogP contribution is -2.13. The molecule has 0 spiro atoms. The van der Waals surface area contributed by atoms with Crippen molar-refractivity contribution >= 4 is 5.97 Å². The molecule has 64 valence electrons. The first kappa shape index (κ1) is 10.2. The monoisotopic (exact) mass is 158 g/mol. The van der Waals surface area contributed by atoms with Crippen LogP contribution >= 0.6 is 0 Å². The molecule has 0 rings (SSSR count). The second kappa shape index (κ2) is 4.91. The zero-order valence-electron chi connectivity index (χ0n) is 6.96. The van der Waals surface area contributed by atoms with E-state index in [0.29, 0.717) is 12.5 Å². The Morgan fingerprint density at radius 1 is 1.64 bits per heavy atom. The van der Waals surface area contributed by atoms with E-state index in [2.05, 4.69) is 6.58 Å². The van der Waals surface area contributed by atoms with Gasteiger partial charge in [-0.1, -0.05) is 20.4 Å². The molecule has 0 aromatic rings. The molecule has 0 fully saturated rings. The van der Waals surface area contributed by atoms with Gasteiger partial charge < -0.3 is 9.84 Å². The van der Waals surface area contributed by atoms with Gasteiger partial charge in [-0.3, -0.25) is 0 Å². The van der Waals surface area contributed by atoms with Gasteiger partial charge in [-0.25, -0.2) is 4.79 Å². The minimum Gasteiger partial charge on any atom is -0.462 e. The van der Waals surface area contributed by atoms with E-state index >= 15 is 0 Å². The van der Waals surface area contributed by atoms with Gasteiger partial charge in [-0.2, -0.15) is 0 Å². The van der Waals surface area contributed by atoms with Gasteiger partial charge in [0.1, 0.15) is 0 Å². The normalized spacial score (nSPS) is 9.82. The minimum absolute atomic E-state index is 0.102. The predicted molar refractivity (Wildman–Crippen MR) is 42.0 cm³/mol. The van der Waals surface area contributed by atoms with Crippen molar-refractivity contribution in [1.29, 1.82) is 0 Å². The molecule has 0 heterocycles. The number of hydrogen-bond acceptors (Lipinski definition) is 3. The fourth-order valence-electron chi connectivity index (χ4n) is 0.409. The number of aliphatic hydroxyl groups is 1. The highest BCUT2D eigenvalue weighted by molar-refractivity contribution is 5.87. The Balaban J connectivity index is 3.61. The Labute approximate surface area is 66.7 Å². The molecule has 0 aliphatic rings. The molecule has 0 aromatic heterocycles. The summed E-state index contributed by atoms with van der Waals surface area (Å²) >= 11 is 0. The van der Waals surface area contributed by atoms with Crippen molar-refractivity contribution in [1.82, 2.24) is 0 Å². The molecule has 1 N–H and O–H groups in total. The van der Waals surface area contributed by atoms with Crippen LogP contribution in [-0.2, 0) is 9.53 Å². The predicted octanol–water partition coefficient (Wildman–Crippen LogP) is 0.734. The van der Waals surface area contributed by atoms with Gasteiger partial charge in [0.25, 0.3) is 0 Å². The second-order valence-electron chi connectivity index (χ2n) is 2.75. The van der Waals surface area contributed by atoms with Crippen molar-refractivity contribution < 1.29 is 14.6 Å². The van der Waals surface area contributed by atoms with E-state index < -0.39 is 5.97 Å². The van der Waals surface area contributed by atoms with Crippen molar-refractivity contribution in [3.05, 3.63) is 12.2 Å². The first-order valence-electron chi connectivity index (χ1n) is 3.53. The summed E-state index contributed by atoms with van der Waals surface area (Å²) in [6.07, 6.45) is 0. The summed E-state index contributed by atoms with van der Waals surface area (Å²) in [5.74, 6) is -0.202. The maximum Gasteiger partial charge on any atom is 0.335 e. The van der Waals surface area contributed by atoms with Gasteiger partial charge in [0.15, 0.2) is 0 Å². The zero-order valence-corrected chi connectivity index (χ0v) is 6.96. The Morgan fingerprint density at radius 3 is 2.55 bits per heavy atom. The van der Waals surface area contributed by atoms with E-state index in [1.807, 2.05) is 13.8 Å². The van der Waals surface area contributed by atoms with Crippen LogP contribution in [0, 0.1) is 5.92 Å². The summed E-state index contributed by atoms with van der Waals surface area (Å²) in [5.41, 5.74) is 0.102. The van der Waals surface area contributed by atoms with Gasteiger partial charge in [-0.05, 0) is 5.92 Å². The molecule has 0 radical (unpaired) electrons. The van der Waals surface area contributed by atoms with Crippen LogP contribution < -0.4 is 0 Å². The Bertz CT molecular complexity index is 149. The first-order chi connectivity index (χ1) is 5.07. The zero-order chi connectivity index (χ0) is 8.85. The third-order valence-corrected chi connectivity index (χ3v) is 1.03. The largest absolute Gasteiger partial charge is 0.462 e. The Morgan fingerprint density at radius 2 is 2.18 bits per heavy atom. The summed E-state index contributed by atoms with van der Waals surface area (Å²) in [7, 11) is 0. The molecular formula is C8H14O3. The molecule has 0 aliphatic carbocycles. The van der Waals surface area contributed by atoms with Crippen LogP contribution in [0.5, 0.6) is 0 Å². The fraction of sp³-hybridized carbons (Fsp3) is 0.625. The lowest BCUT2D eigenvalue weighted by Gasteiger charge is -2.06. The van der Waals surface area contributed by atoms with Crippen molar-refractivity contribution in [3.63, 3.8) is 0 Å². The number of ether oxygens (including phenoxy) is 1. The standard InChI is InChI=1S/C8H14O3/c1-6(2)5-11-8(10)7(3)4-9/h6,9H,3-5H2,1-2H3. The second-order valence-corrected chi connectivity index (χ2v) is 2.75. The quantitative estimate of drug-likeness (QED) is 0.484. The molecule has 3 nitrogen and oxygen atoms in total. The SMILES string of the molecule is C=C(CO)C(=O)OCC(C)C. The smallest absolute Gasteiger partial charge is 0.335 e. The maximum atomic E-state index is 10.8. The summed E-state index contributed by atoms with van der Waals surface area (Å²) < 4.78 is 4.76. The number of rotatable bonds is 4. The molecule has 0 bridgehead atoms. The van der Waals surface area contributed by atoms with Crippen molar-refractivity contribution in [2.45, 2.75) is 13.8 Å². The third-order valence-electron chi connectivity index (χ3n) is 1.03. The van der Waals surface area contributed by atoms with Crippen LogP contribution in [0.25, 0.3) is 0 Å². The van der Waals surface area contributed by atoms with Crippen LogP contribution in [0.4, 0.5) is 0 Å². The van der Waals surface area contributed by atoms with E-state index in [1.165, 1.54) is 0 Å². The van der Waals surface area contributed by atoms with Gasteiger partial charge in [0.05, 0.1) is 18.8 Å². The van der Waals surface area contributed by atoms with E-state index in [9.17, 15) is 4.79 Å². The molecule has 11 heavy (non-hydrogen) atoms. The van der Waals surface area contributed by atoms with Gasteiger partial charge in [0.2, 0.25) is 0 Å². The van der Waals surface area contributed by atoms with E-state index in [-0.39, 0.29) is 12.2 Å². The summed E-state index contributed by atoms with van der Waals surface area (Å²) in [6.45, 7) is 7.24. The molecule has 0 saturated heterocycles. The van der Waals surface area contributed by atoms with Crippen molar-refractivity contribution in [2.24, 2.45) is 5.92 Å². The van der Waals surface area contributed by atoms with Crippen molar-refractivity contribution in [2.75, 3.05) is 13.2 Å². The summed E-state index contributed by atoms with van der Waals surface area (Å²) in [6, 6.07) is 0. The summed E-state index contributed by atoms with van der Waals surface area (Å²) in [5, 5.41) is 8.47. The summed E-state index contributed by atoms with van der Waals surface area (Å²) in [4.78, 5) is 10.8. The molecule has 0 aliphatic heterocycles. The Kier molecular flexibility index (Phi) is 4.54. The molecular weight excluding hydrogens is 144 g/mol. The highest BCUT2D eigenvalue weighted by Crippen LogP contribution is 1.97. The van der Waals surface area contributed by atoms with E-state index in [1.54, 1.807) is 0 Å². The number of hydrogen-bond donors (Lipinski definition) is 1. The minimum atomic E-state index is -0.513. The lowest BCUT2D eigenvalue weighted by atomic mass is 10.2. The molecule has 0 amide bonds. The average Bonchev–Trinajstić information content (AvgIpc) is 1.98. The maximum absolute atomic E-state index is 10.8. The topological polar surface area (TPSA) is 46.5 Å². The van der Waals surface area contributed by atoms with Crippen LogP contribution in [0.3, 0.4) is 0 Å². The molecule has 0 saturated carbocycles. The average molecular weight is 158 g/mol. The van der Waals surface area contributed by atoms with Crippen LogP contribution in [-0.4, -0.2) is 24.3 Å². The van der Waals surface area contributed by atoms with Crippen LogP contribution in [0.15, 0.2) is 12.2 Å². The van der Waals surface area contributed by atoms with E-state index in [0.717, 1.165) is 0 Å². The molecule has 0 aromatic carbocycles. The molecule has 0 unspecified atom stereocenters. The third kappa shape index (κ3) is 4.56. The number of esters is 1. The van der Waals surface area contributed by atoms with Gasteiger partial charge >= 0.3 is 5.97 Å².